The van der Waals surface area contributed by atoms with E-state index in [1.807, 2.05) is 4.90 Å². The molecule has 1 saturated heterocycles. The van der Waals surface area contributed by atoms with Crippen LogP contribution in [0.5, 0.6) is 0 Å². The molecule has 10 heteroatoms. The maximum Gasteiger partial charge on any atom is 0.406 e. The van der Waals surface area contributed by atoms with E-state index in [2.05, 4.69) is 10.3 Å². The summed E-state index contributed by atoms with van der Waals surface area (Å²) in [5, 5.41) is 2.76. The number of rotatable bonds is 5. The fourth-order valence-corrected chi connectivity index (χ4v) is 2.60. The molecule has 0 spiro atoms. The number of hydrogen-bond donors (Lipinski definition) is 1. The predicted molar refractivity (Wildman–Crippen MR) is 86.0 cm³/mol. The summed E-state index contributed by atoms with van der Waals surface area (Å²) in [6.45, 7) is 1.47. The van der Waals surface area contributed by atoms with Crippen LogP contribution in [0.1, 0.15) is 19.8 Å². The number of ether oxygens (including phenoxy) is 1. The van der Waals surface area contributed by atoms with Crippen LogP contribution in [0.4, 0.5) is 13.2 Å². The minimum atomic E-state index is -4.44. The van der Waals surface area contributed by atoms with Crippen molar-refractivity contribution in [2.75, 3.05) is 46.9 Å². The van der Waals surface area contributed by atoms with Gasteiger partial charge >= 0.3 is 12.1 Å². The summed E-state index contributed by atoms with van der Waals surface area (Å²) in [7, 11) is 2.61. The largest absolute Gasteiger partial charge is 0.466 e. The second-order valence-corrected chi connectivity index (χ2v) is 5.80. The molecule has 0 aromatic rings. The molecule has 1 rings (SSSR count). The second kappa shape index (κ2) is 9.47. The SMILES string of the molecule is CCOC(=O)C1CCCN(C(=NC)NCC(=O)N(C)CC(F)(F)F)C1. The Labute approximate surface area is 145 Å². The highest BCUT2D eigenvalue weighted by molar-refractivity contribution is 5.87. The molecule has 1 fully saturated rings. The average molecular weight is 366 g/mol. The lowest BCUT2D eigenvalue weighted by molar-refractivity contribution is -0.157. The van der Waals surface area contributed by atoms with Crippen molar-refractivity contribution in [3.8, 4) is 0 Å². The van der Waals surface area contributed by atoms with Crippen molar-refractivity contribution in [1.82, 2.24) is 15.1 Å². The third-order valence-electron chi connectivity index (χ3n) is 3.79. The van der Waals surface area contributed by atoms with Crippen molar-refractivity contribution < 1.29 is 27.5 Å². The van der Waals surface area contributed by atoms with Gasteiger partial charge in [0.1, 0.15) is 6.54 Å². The number of nitrogens with zero attached hydrogens (tertiary/aromatic N) is 3. The van der Waals surface area contributed by atoms with Gasteiger partial charge in [0.25, 0.3) is 0 Å². The van der Waals surface area contributed by atoms with Gasteiger partial charge in [0.2, 0.25) is 5.91 Å². The van der Waals surface area contributed by atoms with Gasteiger partial charge in [0, 0.05) is 27.2 Å². The Morgan fingerprint density at radius 2 is 2.08 bits per heavy atom. The van der Waals surface area contributed by atoms with E-state index in [4.69, 9.17) is 4.74 Å². The van der Waals surface area contributed by atoms with Crippen LogP contribution < -0.4 is 5.32 Å². The van der Waals surface area contributed by atoms with Crippen LogP contribution in [-0.4, -0.2) is 80.7 Å². The minimum absolute atomic E-state index is 0.274. The first kappa shape index (κ1) is 21.0. The van der Waals surface area contributed by atoms with Gasteiger partial charge in [-0.15, -0.1) is 0 Å². The number of hydrogen-bond acceptors (Lipinski definition) is 4. The summed E-state index contributed by atoms with van der Waals surface area (Å²) in [5.74, 6) is -0.875. The number of likely N-dealkylation sites (N-methyl/N-ethyl adjacent to an activating group) is 1. The number of alkyl halides is 3. The van der Waals surface area contributed by atoms with Gasteiger partial charge in [0.05, 0.1) is 19.1 Å². The first-order valence-corrected chi connectivity index (χ1v) is 8.10. The van der Waals surface area contributed by atoms with Crippen LogP contribution in [0.3, 0.4) is 0 Å². The number of piperidine rings is 1. The fourth-order valence-electron chi connectivity index (χ4n) is 2.60. The molecule has 1 heterocycles. The van der Waals surface area contributed by atoms with Crippen molar-refractivity contribution in [3.63, 3.8) is 0 Å². The molecule has 0 saturated carbocycles. The van der Waals surface area contributed by atoms with E-state index >= 15 is 0 Å². The smallest absolute Gasteiger partial charge is 0.406 e. The van der Waals surface area contributed by atoms with E-state index < -0.39 is 18.6 Å². The summed E-state index contributed by atoms with van der Waals surface area (Å²) in [5.41, 5.74) is 0. The van der Waals surface area contributed by atoms with Crippen molar-refractivity contribution in [2.24, 2.45) is 10.9 Å². The van der Waals surface area contributed by atoms with Gasteiger partial charge in [-0.1, -0.05) is 0 Å². The zero-order valence-corrected chi connectivity index (χ0v) is 14.7. The zero-order chi connectivity index (χ0) is 19.0. The number of amides is 1. The van der Waals surface area contributed by atoms with Crippen LogP contribution in [0, 0.1) is 5.92 Å². The lowest BCUT2D eigenvalue weighted by Crippen LogP contribution is -2.50. The molecular formula is C15H25F3N4O3. The fraction of sp³-hybridized carbons (Fsp3) is 0.800. The number of guanidine groups is 1. The number of halogens is 3. The third-order valence-corrected chi connectivity index (χ3v) is 3.79. The first-order chi connectivity index (χ1) is 11.7. The molecule has 1 aliphatic rings. The lowest BCUT2D eigenvalue weighted by atomic mass is 9.98. The summed E-state index contributed by atoms with van der Waals surface area (Å²) in [6.07, 6.45) is -2.97. The Bertz CT molecular complexity index is 497. The molecule has 1 amide bonds. The quantitative estimate of drug-likeness (QED) is 0.444. The maximum atomic E-state index is 12.3. The van der Waals surface area contributed by atoms with Crippen molar-refractivity contribution in [3.05, 3.63) is 0 Å². The number of aliphatic imine (C=N–C) groups is 1. The number of likely N-dealkylation sites (tertiary alicyclic amines) is 1. The second-order valence-electron chi connectivity index (χ2n) is 5.80. The van der Waals surface area contributed by atoms with E-state index in [1.165, 1.54) is 7.05 Å². The van der Waals surface area contributed by atoms with E-state index in [9.17, 15) is 22.8 Å². The highest BCUT2D eigenvalue weighted by Gasteiger charge is 2.32. The van der Waals surface area contributed by atoms with E-state index in [0.29, 0.717) is 37.0 Å². The molecule has 0 aromatic heterocycles. The van der Waals surface area contributed by atoms with Gasteiger partial charge in [-0.25, -0.2) is 0 Å². The Morgan fingerprint density at radius 1 is 1.40 bits per heavy atom. The van der Waals surface area contributed by atoms with Gasteiger partial charge < -0.3 is 19.9 Å². The zero-order valence-electron chi connectivity index (χ0n) is 14.7. The van der Waals surface area contributed by atoms with Crippen LogP contribution in [-0.2, 0) is 14.3 Å². The number of nitrogens with one attached hydrogen (secondary N) is 1. The van der Waals surface area contributed by atoms with Crippen molar-refractivity contribution >= 4 is 17.8 Å². The maximum absolute atomic E-state index is 12.3. The first-order valence-electron chi connectivity index (χ1n) is 8.10. The summed E-state index contributed by atoms with van der Waals surface area (Å²) >= 11 is 0. The molecule has 0 bridgehead atoms. The van der Waals surface area contributed by atoms with Crippen molar-refractivity contribution in [1.29, 1.82) is 0 Å². The predicted octanol–water partition coefficient (Wildman–Crippen LogP) is 0.858. The lowest BCUT2D eigenvalue weighted by Gasteiger charge is -2.34. The monoisotopic (exact) mass is 366 g/mol. The molecule has 1 unspecified atom stereocenters. The van der Waals surface area contributed by atoms with Crippen LogP contribution in [0.15, 0.2) is 4.99 Å². The van der Waals surface area contributed by atoms with Crippen LogP contribution in [0.25, 0.3) is 0 Å². The normalized spacial score (nSPS) is 18.7. The van der Waals surface area contributed by atoms with Crippen molar-refractivity contribution in [2.45, 2.75) is 25.9 Å². The molecule has 1 atom stereocenters. The molecule has 1 aliphatic heterocycles. The number of esters is 1. The van der Waals surface area contributed by atoms with Gasteiger partial charge in [-0.2, -0.15) is 13.2 Å². The molecule has 144 valence electrons. The molecule has 1 N–H and O–H groups in total. The molecular weight excluding hydrogens is 341 g/mol. The molecule has 0 aliphatic carbocycles. The molecule has 25 heavy (non-hydrogen) atoms. The van der Waals surface area contributed by atoms with Gasteiger partial charge in [-0.3, -0.25) is 14.6 Å². The average Bonchev–Trinajstić information content (AvgIpc) is 2.54. The number of carbonyl (C=O) groups is 2. The summed E-state index contributed by atoms with van der Waals surface area (Å²) < 4.78 is 42.0. The molecule has 0 radical (unpaired) electrons. The Morgan fingerprint density at radius 3 is 2.64 bits per heavy atom. The standard InChI is InChI=1S/C15H25F3N4O3/c1-4-25-13(24)11-6-5-7-22(9-11)14(19-2)20-8-12(23)21(3)10-15(16,17)18/h11H,4-10H2,1-3H3,(H,19,20). The van der Waals surface area contributed by atoms with Crippen LogP contribution in [0.2, 0.25) is 0 Å². The summed E-state index contributed by atoms with van der Waals surface area (Å²) in [6, 6.07) is 0. The van der Waals surface area contributed by atoms with E-state index in [1.54, 1.807) is 6.92 Å². The van der Waals surface area contributed by atoms with E-state index in [-0.39, 0.29) is 18.4 Å². The topological polar surface area (TPSA) is 74.2 Å². The summed E-state index contributed by atoms with van der Waals surface area (Å²) in [4.78, 5) is 30.1. The molecule has 0 aromatic carbocycles. The Kier molecular flexibility index (Phi) is 7.98. The van der Waals surface area contributed by atoms with Gasteiger partial charge in [-0.05, 0) is 19.8 Å². The Balaban J connectivity index is 2.56. The van der Waals surface area contributed by atoms with Gasteiger partial charge in [0.15, 0.2) is 5.96 Å². The van der Waals surface area contributed by atoms with E-state index in [0.717, 1.165) is 13.5 Å². The van der Waals surface area contributed by atoms with Crippen LogP contribution >= 0.6 is 0 Å². The third kappa shape index (κ3) is 7.18. The highest BCUT2D eigenvalue weighted by atomic mass is 19.4. The highest BCUT2D eigenvalue weighted by Crippen LogP contribution is 2.18. The number of carbonyl (C=O) groups excluding carboxylic acids is 2. The minimum Gasteiger partial charge on any atom is -0.466 e. The molecule has 7 nitrogen and oxygen atoms in total. The Hall–Kier alpha value is -2.00.